The summed E-state index contributed by atoms with van der Waals surface area (Å²) in [7, 11) is 0. The number of pyridine rings is 2. The lowest BCUT2D eigenvalue weighted by Crippen LogP contribution is -2.42. The van der Waals surface area contributed by atoms with Gasteiger partial charge in [-0.2, -0.15) is 0 Å². The second-order valence-corrected chi connectivity index (χ2v) is 7.15. The average Bonchev–Trinajstić information content (AvgIpc) is 2.73. The van der Waals surface area contributed by atoms with Crippen LogP contribution in [0.5, 0.6) is 0 Å². The lowest BCUT2D eigenvalue weighted by atomic mass is 9.69. The summed E-state index contributed by atoms with van der Waals surface area (Å²) < 4.78 is 0. The number of nitrogens with one attached hydrogen (secondary N) is 1. The van der Waals surface area contributed by atoms with Crippen molar-refractivity contribution in [2.45, 2.75) is 37.5 Å². The van der Waals surface area contributed by atoms with Crippen LogP contribution in [-0.2, 0) is 5.41 Å². The van der Waals surface area contributed by atoms with Crippen molar-refractivity contribution >= 4 is 16.8 Å². The van der Waals surface area contributed by atoms with Gasteiger partial charge in [0, 0.05) is 35.9 Å². The van der Waals surface area contributed by atoms with Crippen molar-refractivity contribution in [1.82, 2.24) is 15.3 Å². The first kappa shape index (κ1) is 16.7. The zero-order chi connectivity index (χ0) is 17.8. The molecule has 0 bridgehead atoms. The minimum absolute atomic E-state index is 0.0284. The van der Waals surface area contributed by atoms with E-state index in [4.69, 9.17) is 0 Å². The molecule has 1 saturated carbocycles. The van der Waals surface area contributed by atoms with Crippen molar-refractivity contribution in [3.8, 4) is 0 Å². The van der Waals surface area contributed by atoms with Gasteiger partial charge in [-0.15, -0.1) is 0 Å². The Hall–Kier alpha value is -2.75. The van der Waals surface area contributed by atoms with Crippen molar-refractivity contribution in [3.05, 3.63) is 72.2 Å². The van der Waals surface area contributed by atoms with Gasteiger partial charge in [-0.05, 0) is 30.5 Å². The Balaban J connectivity index is 1.59. The molecule has 1 N–H and O–H groups in total. The van der Waals surface area contributed by atoms with Gasteiger partial charge in [0.05, 0.1) is 11.1 Å². The molecule has 0 radical (unpaired) electrons. The molecule has 1 amide bonds. The summed E-state index contributed by atoms with van der Waals surface area (Å²) in [5.74, 6) is -0.0947. The molecular formula is C22H23N3O. The third-order valence-corrected chi connectivity index (χ3v) is 5.54. The molecule has 1 aliphatic rings. The summed E-state index contributed by atoms with van der Waals surface area (Å²) >= 11 is 0. The van der Waals surface area contributed by atoms with Crippen molar-refractivity contribution in [1.29, 1.82) is 0 Å². The standard InChI is InChI=1S/C22H23N3O/c26-21(19-15-23-14-17-8-7-13-24-20(17)19)25-16-22(11-5-2-6-12-22)18-9-3-1-4-10-18/h1,3-4,7-10,13-15H,2,5-6,11-12,16H2,(H,25,26). The predicted octanol–water partition coefficient (Wildman–Crippen LogP) is 4.26. The Bertz CT molecular complexity index is 896. The summed E-state index contributed by atoms with van der Waals surface area (Å²) in [6.45, 7) is 0.652. The van der Waals surface area contributed by atoms with E-state index in [1.54, 1.807) is 18.6 Å². The first-order valence-electron chi connectivity index (χ1n) is 9.31. The average molecular weight is 345 g/mol. The molecule has 0 aliphatic heterocycles. The van der Waals surface area contributed by atoms with Crippen molar-refractivity contribution in [2.75, 3.05) is 6.54 Å². The summed E-state index contributed by atoms with van der Waals surface area (Å²) in [5.41, 5.74) is 2.61. The number of rotatable bonds is 4. The van der Waals surface area contributed by atoms with Gasteiger partial charge in [-0.25, -0.2) is 0 Å². The molecule has 0 saturated heterocycles. The molecule has 2 aromatic heterocycles. The molecule has 3 aromatic rings. The third kappa shape index (κ3) is 3.19. The van der Waals surface area contributed by atoms with E-state index in [1.165, 1.54) is 24.8 Å². The number of benzene rings is 1. The van der Waals surface area contributed by atoms with E-state index in [-0.39, 0.29) is 11.3 Å². The quantitative estimate of drug-likeness (QED) is 0.768. The molecule has 0 spiro atoms. The molecule has 4 heteroatoms. The maximum Gasteiger partial charge on any atom is 0.255 e. The van der Waals surface area contributed by atoms with E-state index in [9.17, 15) is 4.79 Å². The predicted molar refractivity (Wildman–Crippen MR) is 103 cm³/mol. The van der Waals surface area contributed by atoms with Crippen LogP contribution < -0.4 is 5.32 Å². The van der Waals surface area contributed by atoms with Crippen molar-refractivity contribution in [3.63, 3.8) is 0 Å². The molecule has 0 unspecified atom stereocenters. The van der Waals surface area contributed by atoms with E-state index >= 15 is 0 Å². The largest absolute Gasteiger partial charge is 0.351 e. The van der Waals surface area contributed by atoms with Gasteiger partial charge >= 0.3 is 0 Å². The Kier molecular flexibility index (Phi) is 4.65. The van der Waals surface area contributed by atoms with Crippen LogP contribution in [0.3, 0.4) is 0 Å². The highest BCUT2D eigenvalue weighted by Gasteiger charge is 2.34. The molecule has 2 heterocycles. The second kappa shape index (κ2) is 7.24. The van der Waals surface area contributed by atoms with Crippen molar-refractivity contribution < 1.29 is 4.79 Å². The van der Waals surface area contributed by atoms with Crippen LogP contribution in [0.4, 0.5) is 0 Å². The van der Waals surface area contributed by atoms with E-state index < -0.39 is 0 Å². The number of fused-ring (bicyclic) bond motifs is 1. The summed E-state index contributed by atoms with van der Waals surface area (Å²) in [5, 5.41) is 4.07. The number of hydrogen-bond donors (Lipinski definition) is 1. The molecule has 26 heavy (non-hydrogen) atoms. The highest BCUT2D eigenvalue weighted by Crippen LogP contribution is 2.39. The topological polar surface area (TPSA) is 54.9 Å². The highest BCUT2D eigenvalue weighted by atomic mass is 16.1. The Labute approximate surface area is 153 Å². The molecule has 132 valence electrons. The number of carbonyl (C=O) groups is 1. The molecule has 1 fully saturated rings. The van der Waals surface area contributed by atoms with Crippen LogP contribution >= 0.6 is 0 Å². The van der Waals surface area contributed by atoms with Gasteiger partial charge in [0.25, 0.3) is 5.91 Å². The normalized spacial score (nSPS) is 16.3. The van der Waals surface area contributed by atoms with Crippen molar-refractivity contribution in [2.24, 2.45) is 0 Å². The molecular weight excluding hydrogens is 322 g/mol. The fraction of sp³-hybridized carbons (Fsp3) is 0.318. The van der Waals surface area contributed by atoms with Gasteiger partial charge in [-0.1, -0.05) is 49.6 Å². The van der Waals surface area contributed by atoms with Crippen LogP contribution in [0.25, 0.3) is 10.9 Å². The maximum atomic E-state index is 12.9. The number of hydrogen-bond acceptors (Lipinski definition) is 3. The van der Waals surface area contributed by atoms with E-state index in [1.807, 2.05) is 18.2 Å². The number of nitrogens with zero attached hydrogens (tertiary/aromatic N) is 2. The molecule has 4 nitrogen and oxygen atoms in total. The van der Waals surface area contributed by atoms with Gasteiger partial charge < -0.3 is 5.32 Å². The zero-order valence-corrected chi connectivity index (χ0v) is 14.8. The molecule has 0 atom stereocenters. The van der Waals surface area contributed by atoms with Crippen LogP contribution in [0.15, 0.2) is 61.1 Å². The highest BCUT2D eigenvalue weighted by molar-refractivity contribution is 6.04. The van der Waals surface area contributed by atoms with E-state index in [2.05, 4.69) is 39.6 Å². The third-order valence-electron chi connectivity index (χ3n) is 5.54. The zero-order valence-electron chi connectivity index (χ0n) is 14.8. The molecule has 1 aliphatic carbocycles. The minimum Gasteiger partial charge on any atom is -0.351 e. The van der Waals surface area contributed by atoms with Crippen LogP contribution in [0.2, 0.25) is 0 Å². The monoisotopic (exact) mass is 345 g/mol. The Morgan fingerprint density at radius 2 is 1.81 bits per heavy atom. The van der Waals surface area contributed by atoms with Crippen LogP contribution in [-0.4, -0.2) is 22.4 Å². The first-order chi connectivity index (χ1) is 12.8. The fourth-order valence-corrected chi connectivity index (χ4v) is 4.10. The van der Waals surface area contributed by atoms with E-state index in [0.717, 1.165) is 18.2 Å². The van der Waals surface area contributed by atoms with Crippen LogP contribution in [0, 0.1) is 0 Å². The smallest absolute Gasteiger partial charge is 0.255 e. The minimum atomic E-state index is -0.0947. The van der Waals surface area contributed by atoms with Gasteiger partial charge in [0.1, 0.15) is 0 Å². The Morgan fingerprint density at radius 3 is 2.62 bits per heavy atom. The SMILES string of the molecule is O=C(NCC1(c2ccccc2)CCCCC1)c1cncc2cccnc12. The van der Waals surface area contributed by atoms with Gasteiger partial charge in [-0.3, -0.25) is 14.8 Å². The Morgan fingerprint density at radius 1 is 1.00 bits per heavy atom. The summed E-state index contributed by atoms with van der Waals surface area (Å²) in [4.78, 5) is 21.5. The lowest BCUT2D eigenvalue weighted by Gasteiger charge is -2.38. The molecule has 1 aromatic carbocycles. The van der Waals surface area contributed by atoms with Gasteiger partial charge in [0.2, 0.25) is 0 Å². The summed E-state index contributed by atoms with van der Waals surface area (Å²) in [6, 6.07) is 14.4. The van der Waals surface area contributed by atoms with Crippen LogP contribution in [0.1, 0.15) is 48.0 Å². The second-order valence-electron chi connectivity index (χ2n) is 7.15. The first-order valence-corrected chi connectivity index (χ1v) is 9.31. The van der Waals surface area contributed by atoms with E-state index in [0.29, 0.717) is 17.6 Å². The maximum absolute atomic E-state index is 12.9. The number of carbonyl (C=O) groups excluding carboxylic acids is 1. The van der Waals surface area contributed by atoms with Gasteiger partial charge in [0.15, 0.2) is 0 Å². The lowest BCUT2D eigenvalue weighted by molar-refractivity contribution is 0.0938. The summed E-state index contributed by atoms with van der Waals surface area (Å²) in [6.07, 6.45) is 11.0. The number of amides is 1. The molecule has 4 rings (SSSR count). The number of aromatic nitrogens is 2. The fourth-order valence-electron chi connectivity index (χ4n) is 4.10.